The van der Waals surface area contributed by atoms with E-state index in [1.807, 2.05) is 30.4 Å². The molecule has 5 aromatic rings. The molecule has 3 nitrogen and oxygen atoms in total. The molecule has 9 rings (SSSR count). The zero-order valence-electron chi connectivity index (χ0n) is 27.1. The molecule has 2 heterocycles. The van der Waals surface area contributed by atoms with Gasteiger partial charge in [0.1, 0.15) is 0 Å². The van der Waals surface area contributed by atoms with Gasteiger partial charge in [-0.15, -0.1) is 11.8 Å². The zero-order chi connectivity index (χ0) is 32.4. The van der Waals surface area contributed by atoms with Crippen LogP contribution in [0.15, 0.2) is 155 Å². The van der Waals surface area contributed by atoms with Gasteiger partial charge in [0.05, 0.1) is 28.7 Å². The Morgan fingerprint density at radius 3 is 2.52 bits per heavy atom. The standard InChI is InChI=1S/C44H35N3S/c1-44(2)36-21-10-7-19-33(36)42-39(44)35-25-24-32-31-18-9-12-23-38(31)47(41(32)43(35)48-42)30-17-13-14-28(26-30)27-46-37-22-11-8-20-34(37)40(45-3)29-15-5-4-6-16-29/h4-26,35,43H,3,27H2,1-2H3/b40-34-,46-37?. The van der Waals surface area contributed by atoms with Crippen molar-refractivity contribution in [1.82, 2.24) is 4.57 Å². The molecule has 0 radical (unpaired) electrons. The Morgan fingerprint density at radius 2 is 1.65 bits per heavy atom. The number of para-hydroxylation sites is 1. The summed E-state index contributed by atoms with van der Waals surface area (Å²) in [5, 5.41) is 1.62. The van der Waals surface area contributed by atoms with Crippen molar-refractivity contribution < 1.29 is 0 Å². The van der Waals surface area contributed by atoms with Gasteiger partial charge in [0, 0.05) is 49.7 Å². The summed E-state index contributed by atoms with van der Waals surface area (Å²) >= 11 is 2.07. The minimum atomic E-state index is 0.00761. The number of allylic oxidation sites excluding steroid dienone is 7. The Kier molecular flexibility index (Phi) is 6.77. The second kappa shape index (κ2) is 11.2. The normalized spacial score (nSPS) is 21.8. The van der Waals surface area contributed by atoms with Crippen LogP contribution in [0.5, 0.6) is 0 Å². The van der Waals surface area contributed by atoms with Gasteiger partial charge in [-0.05, 0) is 53.3 Å². The van der Waals surface area contributed by atoms with Gasteiger partial charge < -0.3 is 4.57 Å². The first-order chi connectivity index (χ1) is 23.5. The van der Waals surface area contributed by atoms with E-state index < -0.39 is 0 Å². The maximum absolute atomic E-state index is 5.13. The maximum atomic E-state index is 5.13. The average Bonchev–Trinajstić information content (AvgIpc) is 3.75. The molecule has 2 atom stereocenters. The Morgan fingerprint density at radius 1 is 0.854 bits per heavy atom. The van der Waals surface area contributed by atoms with Crippen LogP contribution in [0.4, 0.5) is 0 Å². The lowest BCUT2D eigenvalue weighted by Crippen LogP contribution is -2.25. The SMILES string of the molecule is C=N/C(=C1/C=CC=CC1=NCc1cccc(-n2c3c(c4ccccc42)C=CC2C4=C(SC32)c2ccccc2C4(C)C)c1)c1ccccc1. The average molecular weight is 638 g/mol. The Bertz CT molecular complexity index is 2340. The van der Waals surface area contributed by atoms with Crippen LogP contribution in [0.25, 0.3) is 33.3 Å². The van der Waals surface area contributed by atoms with E-state index in [2.05, 4.69) is 151 Å². The first-order valence-electron chi connectivity index (χ1n) is 16.6. The number of benzene rings is 4. The molecule has 232 valence electrons. The van der Waals surface area contributed by atoms with Gasteiger partial charge >= 0.3 is 0 Å². The maximum Gasteiger partial charge on any atom is 0.0788 e. The summed E-state index contributed by atoms with van der Waals surface area (Å²) in [5.41, 5.74) is 14.6. The van der Waals surface area contributed by atoms with Crippen LogP contribution in [-0.4, -0.2) is 17.0 Å². The van der Waals surface area contributed by atoms with Crippen molar-refractivity contribution in [2.75, 3.05) is 0 Å². The first-order valence-corrected chi connectivity index (χ1v) is 17.5. The molecule has 0 spiro atoms. The number of hydrogen-bond acceptors (Lipinski definition) is 3. The summed E-state index contributed by atoms with van der Waals surface area (Å²) in [6, 6.07) is 37.0. The molecule has 0 fully saturated rings. The first kappa shape index (κ1) is 29.0. The molecule has 4 heteroatoms. The fourth-order valence-electron chi connectivity index (χ4n) is 8.20. The number of aromatic nitrogens is 1. The highest BCUT2D eigenvalue weighted by Crippen LogP contribution is 2.67. The van der Waals surface area contributed by atoms with Crippen molar-refractivity contribution in [1.29, 1.82) is 0 Å². The third-order valence-corrected chi connectivity index (χ3v) is 11.8. The topological polar surface area (TPSA) is 29.6 Å². The third kappa shape index (κ3) is 4.36. The summed E-state index contributed by atoms with van der Waals surface area (Å²) in [4.78, 5) is 11.0. The molecule has 0 amide bonds. The van der Waals surface area contributed by atoms with Gasteiger partial charge in [0.2, 0.25) is 0 Å². The van der Waals surface area contributed by atoms with Gasteiger partial charge in [0.25, 0.3) is 0 Å². The molecule has 0 saturated heterocycles. The number of hydrogen-bond donors (Lipinski definition) is 0. The van der Waals surface area contributed by atoms with Gasteiger partial charge in [0.15, 0.2) is 0 Å². The van der Waals surface area contributed by atoms with Crippen LogP contribution in [0.2, 0.25) is 0 Å². The van der Waals surface area contributed by atoms with Gasteiger partial charge in [-0.1, -0.05) is 129 Å². The predicted octanol–water partition coefficient (Wildman–Crippen LogP) is 10.9. The lowest BCUT2D eigenvalue weighted by Gasteiger charge is -2.33. The summed E-state index contributed by atoms with van der Waals surface area (Å²) in [6.07, 6.45) is 13.1. The highest BCUT2D eigenvalue weighted by Gasteiger charge is 2.50. The second-order valence-electron chi connectivity index (χ2n) is 13.4. The van der Waals surface area contributed by atoms with E-state index in [1.165, 1.54) is 49.4 Å². The van der Waals surface area contributed by atoms with Crippen LogP contribution < -0.4 is 0 Å². The lowest BCUT2D eigenvalue weighted by atomic mass is 9.73. The minimum absolute atomic E-state index is 0.00761. The highest BCUT2D eigenvalue weighted by molar-refractivity contribution is 8.08. The Hall–Kier alpha value is -5.19. The molecule has 1 aromatic heterocycles. The predicted molar refractivity (Wildman–Crippen MR) is 205 cm³/mol. The van der Waals surface area contributed by atoms with Crippen LogP contribution in [-0.2, 0) is 12.0 Å². The van der Waals surface area contributed by atoms with E-state index >= 15 is 0 Å². The van der Waals surface area contributed by atoms with Crippen LogP contribution in [0.1, 0.15) is 52.6 Å². The molecule has 48 heavy (non-hydrogen) atoms. The monoisotopic (exact) mass is 637 g/mol. The Labute approximate surface area is 286 Å². The van der Waals surface area contributed by atoms with E-state index in [1.54, 1.807) is 5.57 Å². The molecule has 1 aliphatic heterocycles. The van der Waals surface area contributed by atoms with E-state index in [0.717, 1.165) is 22.5 Å². The molecule has 3 aliphatic carbocycles. The van der Waals surface area contributed by atoms with Gasteiger partial charge in [-0.3, -0.25) is 9.98 Å². The summed E-state index contributed by atoms with van der Waals surface area (Å²) in [7, 11) is 0. The van der Waals surface area contributed by atoms with Crippen LogP contribution in [0.3, 0.4) is 0 Å². The zero-order valence-corrected chi connectivity index (χ0v) is 27.9. The molecule has 2 unspecified atom stereocenters. The molecule has 4 aliphatic rings. The lowest BCUT2D eigenvalue weighted by molar-refractivity contribution is 0.551. The molecule has 0 bridgehead atoms. The number of nitrogens with zero attached hydrogens (tertiary/aromatic N) is 3. The van der Waals surface area contributed by atoms with Crippen LogP contribution in [0, 0.1) is 5.92 Å². The van der Waals surface area contributed by atoms with Crippen molar-refractivity contribution in [2.24, 2.45) is 15.9 Å². The minimum Gasteiger partial charge on any atom is -0.312 e. The van der Waals surface area contributed by atoms with Crippen molar-refractivity contribution in [3.63, 3.8) is 0 Å². The van der Waals surface area contributed by atoms with E-state index in [4.69, 9.17) is 4.99 Å². The summed E-state index contributed by atoms with van der Waals surface area (Å²) in [6.45, 7) is 9.27. The molecule has 4 aromatic carbocycles. The van der Waals surface area contributed by atoms with Crippen LogP contribution >= 0.6 is 11.8 Å². The number of rotatable bonds is 5. The molecule has 0 saturated carbocycles. The van der Waals surface area contributed by atoms with Crippen molar-refractivity contribution >= 4 is 51.8 Å². The second-order valence-corrected chi connectivity index (χ2v) is 14.5. The van der Waals surface area contributed by atoms with Crippen molar-refractivity contribution in [3.05, 3.63) is 178 Å². The molecular weight excluding hydrogens is 603 g/mol. The highest BCUT2D eigenvalue weighted by atomic mass is 32.2. The summed E-state index contributed by atoms with van der Waals surface area (Å²) < 4.78 is 2.53. The van der Waals surface area contributed by atoms with Gasteiger partial charge in [-0.25, -0.2) is 0 Å². The number of aliphatic imine (C=N–C) groups is 2. The van der Waals surface area contributed by atoms with Crippen molar-refractivity contribution in [2.45, 2.75) is 31.1 Å². The number of fused-ring (bicyclic) bond motifs is 8. The number of thioether (sulfide) groups is 1. The Balaban J connectivity index is 1.12. The van der Waals surface area contributed by atoms with Gasteiger partial charge in [-0.2, -0.15) is 0 Å². The van der Waals surface area contributed by atoms with Crippen molar-refractivity contribution in [3.8, 4) is 5.69 Å². The smallest absolute Gasteiger partial charge is 0.0788 e. The summed E-state index contributed by atoms with van der Waals surface area (Å²) in [5.74, 6) is 0.353. The van der Waals surface area contributed by atoms with E-state index in [0.29, 0.717) is 17.7 Å². The van der Waals surface area contributed by atoms with E-state index in [9.17, 15) is 0 Å². The fraction of sp³-hybridized carbons (Fsp3) is 0.136. The third-order valence-electron chi connectivity index (χ3n) is 10.3. The largest absolute Gasteiger partial charge is 0.312 e. The molecule has 0 N–H and O–H groups in total. The fourth-order valence-corrected chi connectivity index (χ4v) is 9.99. The van der Waals surface area contributed by atoms with E-state index in [-0.39, 0.29) is 5.41 Å². The quantitative estimate of drug-likeness (QED) is 0.176. The molecular formula is C44H35N3S.